The van der Waals surface area contributed by atoms with Gasteiger partial charge in [0.05, 0.1) is 46.1 Å². The predicted molar refractivity (Wildman–Crippen MR) is 123 cm³/mol. The van der Waals surface area contributed by atoms with Crippen molar-refractivity contribution in [3.63, 3.8) is 0 Å². The topological polar surface area (TPSA) is 60.0 Å². The van der Waals surface area contributed by atoms with Crippen molar-refractivity contribution in [1.82, 2.24) is 10.2 Å². The van der Waals surface area contributed by atoms with Gasteiger partial charge in [0, 0.05) is 25.2 Å². The molecule has 1 aliphatic rings. The van der Waals surface area contributed by atoms with Gasteiger partial charge in [-0.3, -0.25) is 4.79 Å². The first kappa shape index (κ1) is 27.3. The molecule has 1 atom stereocenters. The number of nitrogens with one attached hydrogen (secondary N) is 1. The summed E-state index contributed by atoms with van der Waals surface area (Å²) in [5, 5.41) is 3.38. The number of amides is 1. The molecule has 30 heavy (non-hydrogen) atoms. The molecule has 178 valence electrons. The lowest BCUT2D eigenvalue weighted by atomic mass is 9.69. The van der Waals surface area contributed by atoms with E-state index in [9.17, 15) is 4.79 Å². The third-order valence-electron chi connectivity index (χ3n) is 6.28. The lowest BCUT2D eigenvalue weighted by Gasteiger charge is -2.43. The monoisotopic (exact) mass is 428 g/mol. The molecule has 6 nitrogen and oxygen atoms in total. The highest BCUT2D eigenvalue weighted by molar-refractivity contribution is 5.76. The van der Waals surface area contributed by atoms with Crippen LogP contribution < -0.4 is 5.32 Å². The molecule has 1 unspecified atom stereocenters. The summed E-state index contributed by atoms with van der Waals surface area (Å²) in [7, 11) is 0. The Bertz CT molecular complexity index is 457. The van der Waals surface area contributed by atoms with Crippen LogP contribution in [0.5, 0.6) is 0 Å². The van der Waals surface area contributed by atoms with E-state index in [0.717, 1.165) is 38.4 Å². The maximum absolute atomic E-state index is 12.4. The molecule has 6 heteroatoms. The second-order valence-electron chi connectivity index (χ2n) is 9.99. The van der Waals surface area contributed by atoms with Gasteiger partial charge in [0.1, 0.15) is 0 Å². The van der Waals surface area contributed by atoms with Crippen molar-refractivity contribution < 1.29 is 19.0 Å². The number of ether oxygens (including phenoxy) is 3. The summed E-state index contributed by atoms with van der Waals surface area (Å²) in [6, 6.07) is 0. The molecule has 1 amide bonds. The van der Waals surface area contributed by atoms with Crippen molar-refractivity contribution in [1.29, 1.82) is 0 Å². The number of likely N-dealkylation sites (tertiary alicyclic amines) is 1. The molecular weight excluding hydrogens is 380 g/mol. The second-order valence-corrected chi connectivity index (χ2v) is 9.99. The largest absolute Gasteiger partial charge is 0.379 e. The van der Waals surface area contributed by atoms with Crippen LogP contribution in [0.2, 0.25) is 0 Å². The van der Waals surface area contributed by atoms with Gasteiger partial charge in [-0.15, -0.1) is 0 Å². The number of carbonyl (C=O) groups excluding carboxylic acids is 1. The lowest BCUT2D eigenvalue weighted by molar-refractivity contribution is -0.135. The molecule has 1 saturated heterocycles. The molecule has 0 aromatic heterocycles. The molecule has 0 aromatic carbocycles. The maximum Gasteiger partial charge on any atom is 0.224 e. The van der Waals surface area contributed by atoms with E-state index in [1.807, 2.05) is 4.90 Å². The average molecular weight is 429 g/mol. The van der Waals surface area contributed by atoms with Crippen LogP contribution >= 0.6 is 0 Å². The van der Waals surface area contributed by atoms with Gasteiger partial charge in [-0.1, -0.05) is 33.6 Å². The summed E-state index contributed by atoms with van der Waals surface area (Å²) in [5.74, 6) is 0.951. The third-order valence-corrected chi connectivity index (χ3v) is 6.28. The van der Waals surface area contributed by atoms with Crippen molar-refractivity contribution >= 4 is 5.91 Å². The van der Waals surface area contributed by atoms with E-state index in [2.05, 4.69) is 46.9 Å². The van der Waals surface area contributed by atoms with Crippen LogP contribution in [0.4, 0.5) is 0 Å². The number of hydrogen-bond acceptors (Lipinski definition) is 5. The molecule has 0 bridgehead atoms. The molecule has 0 spiro atoms. The summed E-state index contributed by atoms with van der Waals surface area (Å²) in [4.78, 5) is 14.4. The zero-order chi connectivity index (χ0) is 22.5. The fourth-order valence-electron chi connectivity index (χ4n) is 3.90. The minimum Gasteiger partial charge on any atom is -0.379 e. The van der Waals surface area contributed by atoms with Crippen LogP contribution in [-0.2, 0) is 19.0 Å². The number of hydrogen-bond donors (Lipinski definition) is 1. The van der Waals surface area contributed by atoms with Crippen LogP contribution in [0.1, 0.15) is 73.6 Å². The Balaban J connectivity index is 1.97. The van der Waals surface area contributed by atoms with Crippen molar-refractivity contribution in [3.05, 3.63) is 0 Å². The Morgan fingerprint density at radius 3 is 2.07 bits per heavy atom. The Kier molecular flexibility index (Phi) is 13.1. The van der Waals surface area contributed by atoms with Crippen LogP contribution in [0, 0.1) is 11.3 Å². The highest BCUT2D eigenvalue weighted by atomic mass is 16.5. The number of piperidine rings is 1. The standard InChI is InChI=1S/C24H48N2O4/c1-7-8-21(2)24(6)10-13-26(14-11-24)22(27)9-15-28-17-19-30-20-18-29-16-12-25-23(3,4)5/h21,25H,7-20H2,1-6H3. The molecule has 1 N–H and O–H groups in total. The van der Waals surface area contributed by atoms with Crippen LogP contribution in [0.25, 0.3) is 0 Å². The van der Waals surface area contributed by atoms with E-state index in [-0.39, 0.29) is 11.4 Å². The number of rotatable bonds is 15. The van der Waals surface area contributed by atoms with Crippen LogP contribution in [0.3, 0.4) is 0 Å². The van der Waals surface area contributed by atoms with Gasteiger partial charge >= 0.3 is 0 Å². The molecular formula is C24H48N2O4. The van der Waals surface area contributed by atoms with E-state index >= 15 is 0 Å². The summed E-state index contributed by atoms with van der Waals surface area (Å²) in [6.45, 7) is 19.4. The first-order valence-electron chi connectivity index (χ1n) is 11.9. The Labute approximate surface area is 185 Å². The quantitative estimate of drug-likeness (QED) is 0.401. The van der Waals surface area contributed by atoms with Gasteiger partial charge in [-0.05, 0) is 44.9 Å². The molecule has 0 aromatic rings. The van der Waals surface area contributed by atoms with Crippen molar-refractivity contribution in [3.8, 4) is 0 Å². The summed E-state index contributed by atoms with van der Waals surface area (Å²) in [6.07, 6.45) is 5.21. The zero-order valence-electron chi connectivity index (χ0n) is 20.6. The van der Waals surface area contributed by atoms with Gasteiger partial charge in [-0.25, -0.2) is 0 Å². The summed E-state index contributed by atoms with van der Waals surface area (Å²) in [5.41, 5.74) is 0.508. The fourth-order valence-corrected chi connectivity index (χ4v) is 3.90. The summed E-state index contributed by atoms with van der Waals surface area (Å²) < 4.78 is 16.6. The van der Waals surface area contributed by atoms with E-state index in [1.165, 1.54) is 12.8 Å². The predicted octanol–water partition coefficient (Wildman–Crippen LogP) is 3.88. The van der Waals surface area contributed by atoms with Crippen molar-refractivity contribution in [2.24, 2.45) is 11.3 Å². The lowest BCUT2D eigenvalue weighted by Crippen LogP contribution is -2.44. The Hall–Kier alpha value is -0.690. The molecule has 1 heterocycles. The summed E-state index contributed by atoms with van der Waals surface area (Å²) >= 11 is 0. The molecule has 1 fully saturated rings. The number of nitrogens with zero attached hydrogens (tertiary/aromatic N) is 1. The van der Waals surface area contributed by atoms with Crippen molar-refractivity contribution in [2.75, 3.05) is 59.3 Å². The SMILES string of the molecule is CCCC(C)C1(C)CCN(C(=O)CCOCCOCCOCCNC(C)(C)C)CC1. The van der Waals surface area contributed by atoms with Crippen LogP contribution in [0.15, 0.2) is 0 Å². The minimum atomic E-state index is 0.125. The zero-order valence-corrected chi connectivity index (χ0v) is 20.6. The highest BCUT2D eigenvalue weighted by Gasteiger charge is 2.35. The van der Waals surface area contributed by atoms with Gasteiger partial charge < -0.3 is 24.4 Å². The molecule has 0 saturated carbocycles. The number of carbonyl (C=O) groups is 1. The molecule has 1 aliphatic heterocycles. The molecule has 0 radical (unpaired) electrons. The van der Waals surface area contributed by atoms with E-state index in [1.54, 1.807) is 0 Å². The maximum atomic E-state index is 12.4. The van der Waals surface area contributed by atoms with Crippen LogP contribution in [-0.4, -0.2) is 75.6 Å². The first-order chi connectivity index (χ1) is 14.2. The Morgan fingerprint density at radius 2 is 1.53 bits per heavy atom. The minimum absolute atomic E-state index is 0.125. The van der Waals surface area contributed by atoms with E-state index in [0.29, 0.717) is 51.5 Å². The second kappa shape index (κ2) is 14.4. The average Bonchev–Trinajstić information content (AvgIpc) is 2.68. The van der Waals surface area contributed by atoms with E-state index < -0.39 is 0 Å². The van der Waals surface area contributed by atoms with Crippen molar-refractivity contribution in [2.45, 2.75) is 79.2 Å². The first-order valence-corrected chi connectivity index (χ1v) is 11.9. The van der Waals surface area contributed by atoms with Gasteiger partial charge in [-0.2, -0.15) is 0 Å². The van der Waals surface area contributed by atoms with Gasteiger partial charge in [0.25, 0.3) is 0 Å². The third kappa shape index (κ3) is 11.6. The molecule has 0 aliphatic carbocycles. The normalized spacial score (nSPS) is 17.9. The smallest absolute Gasteiger partial charge is 0.224 e. The van der Waals surface area contributed by atoms with E-state index in [4.69, 9.17) is 14.2 Å². The van der Waals surface area contributed by atoms with Gasteiger partial charge in [0.2, 0.25) is 5.91 Å². The highest BCUT2D eigenvalue weighted by Crippen LogP contribution is 2.40. The Morgan fingerprint density at radius 1 is 1.00 bits per heavy atom. The fraction of sp³-hybridized carbons (Fsp3) is 0.958. The van der Waals surface area contributed by atoms with Gasteiger partial charge in [0.15, 0.2) is 0 Å². The molecule has 1 rings (SSSR count).